The fraction of sp³-hybridized carbons (Fsp3) is 0.615. The molecule has 0 saturated heterocycles. The number of likely N-dealkylation sites (N-methyl/N-ethyl adjacent to an activating group) is 1. The minimum atomic E-state index is -0.640. The third-order valence-electron chi connectivity index (χ3n) is 9.66. The molecule has 1 aliphatic heterocycles. The Morgan fingerprint density at radius 1 is 1.12 bits per heavy atom. The van der Waals surface area contributed by atoms with Crippen molar-refractivity contribution in [1.29, 1.82) is 0 Å². The van der Waals surface area contributed by atoms with Crippen molar-refractivity contribution in [2.24, 2.45) is 34.5 Å². The van der Waals surface area contributed by atoms with E-state index in [-0.39, 0.29) is 40.3 Å². The molecule has 7 heteroatoms. The van der Waals surface area contributed by atoms with Crippen molar-refractivity contribution in [1.82, 2.24) is 4.90 Å². The Morgan fingerprint density at radius 2 is 1.88 bits per heavy atom. The number of benzene rings is 1. The summed E-state index contributed by atoms with van der Waals surface area (Å²) in [7, 11) is 1.72. The first-order valence-corrected chi connectivity index (χ1v) is 12.4. The molecule has 0 aromatic heterocycles. The highest BCUT2D eigenvalue weighted by molar-refractivity contribution is 6.30. The van der Waals surface area contributed by atoms with Crippen LogP contribution < -0.4 is 5.32 Å². The summed E-state index contributed by atoms with van der Waals surface area (Å²) in [6.45, 7) is 4.33. The molecule has 0 unspecified atom stereocenters. The molecule has 4 nitrogen and oxygen atoms in total. The van der Waals surface area contributed by atoms with E-state index in [9.17, 15) is 18.4 Å². The van der Waals surface area contributed by atoms with Gasteiger partial charge in [0.25, 0.3) is 5.91 Å². The molecule has 0 spiro atoms. The van der Waals surface area contributed by atoms with Gasteiger partial charge >= 0.3 is 0 Å². The van der Waals surface area contributed by atoms with E-state index in [0.29, 0.717) is 16.9 Å². The number of carbonyl (C=O) groups excluding carboxylic acids is 2. The lowest BCUT2D eigenvalue weighted by atomic mass is 9.47. The number of fused-ring (bicyclic) bond motifs is 5. The van der Waals surface area contributed by atoms with E-state index in [4.69, 9.17) is 11.6 Å². The highest BCUT2D eigenvalue weighted by Crippen LogP contribution is 2.65. The van der Waals surface area contributed by atoms with Gasteiger partial charge in [-0.2, -0.15) is 0 Å². The summed E-state index contributed by atoms with van der Waals surface area (Å²) in [4.78, 5) is 27.1. The van der Waals surface area contributed by atoms with Crippen LogP contribution in [0, 0.1) is 40.3 Å². The van der Waals surface area contributed by atoms with Crippen LogP contribution in [0.4, 0.5) is 14.5 Å². The molecule has 7 atom stereocenters. The first kappa shape index (κ1) is 22.8. The number of amides is 2. The monoisotopic (exact) mass is 476 g/mol. The van der Waals surface area contributed by atoms with Crippen molar-refractivity contribution in [2.75, 3.05) is 12.4 Å². The maximum Gasteiger partial charge on any atom is 0.282 e. The molecule has 1 N–H and O–H groups in total. The van der Waals surface area contributed by atoms with Crippen LogP contribution in [0.2, 0.25) is 5.02 Å². The number of nitrogens with zero attached hydrogens (tertiary/aromatic N) is 1. The van der Waals surface area contributed by atoms with Crippen LogP contribution in [0.15, 0.2) is 30.1 Å². The third kappa shape index (κ3) is 3.35. The van der Waals surface area contributed by atoms with Crippen LogP contribution in [-0.2, 0) is 9.59 Å². The summed E-state index contributed by atoms with van der Waals surface area (Å²) in [5.41, 5.74) is -0.395. The van der Waals surface area contributed by atoms with Gasteiger partial charge in [0.05, 0.1) is 5.69 Å². The molecule has 3 fully saturated rings. The minimum absolute atomic E-state index is 0.0171. The van der Waals surface area contributed by atoms with Crippen LogP contribution in [0.3, 0.4) is 0 Å². The normalized spacial score (nSPS) is 39.9. The van der Waals surface area contributed by atoms with Crippen molar-refractivity contribution in [3.8, 4) is 0 Å². The zero-order chi connectivity index (χ0) is 23.7. The molecule has 3 saturated carbocycles. The van der Waals surface area contributed by atoms with Crippen molar-refractivity contribution in [3.63, 3.8) is 0 Å². The number of nitrogens with one attached hydrogen (secondary N) is 1. The number of halogens is 3. The summed E-state index contributed by atoms with van der Waals surface area (Å²) in [6, 6.07) is 4.30. The molecule has 1 heterocycles. The molecule has 2 amide bonds. The van der Waals surface area contributed by atoms with Crippen LogP contribution >= 0.6 is 11.6 Å². The van der Waals surface area contributed by atoms with Crippen LogP contribution in [-0.4, -0.2) is 29.8 Å². The number of hydrogen-bond donors (Lipinski definition) is 1. The van der Waals surface area contributed by atoms with Crippen molar-refractivity contribution >= 4 is 29.1 Å². The highest BCUT2D eigenvalue weighted by Gasteiger charge is 2.62. The van der Waals surface area contributed by atoms with E-state index in [1.54, 1.807) is 24.1 Å². The predicted molar refractivity (Wildman–Crippen MR) is 124 cm³/mol. The topological polar surface area (TPSA) is 49.4 Å². The van der Waals surface area contributed by atoms with Crippen molar-refractivity contribution < 1.29 is 18.4 Å². The minimum Gasteiger partial charge on any atom is -0.336 e. The Labute approximate surface area is 198 Å². The second-order valence-electron chi connectivity index (χ2n) is 11.0. The summed E-state index contributed by atoms with van der Waals surface area (Å²) >= 11 is 5.84. The molecule has 0 radical (unpaired) electrons. The Morgan fingerprint density at radius 3 is 2.61 bits per heavy atom. The number of rotatable bonds is 2. The van der Waals surface area contributed by atoms with Crippen molar-refractivity contribution in [3.05, 3.63) is 40.9 Å². The molecule has 0 bridgehead atoms. The summed E-state index contributed by atoms with van der Waals surface area (Å²) in [5.74, 6) is -0.968. The van der Waals surface area contributed by atoms with Crippen LogP contribution in [0.25, 0.3) is 0 Å². The number of hydrogen-bond acceptors (Lipinski definition) is 2. The number of anilines is 1. The van der Waals surface area contributed by atoms with E-state index in [1.807, 2.05) is 0 Å². The quantitative estimate of drug-likeness (QED) is 0.571. The molecule has 178 valence electrons. The Hall–Kier alpha value is -1.95. The van der Waals surface area contributed by atoms with E-state index in [1.165, 1.54) is 12.1 Å². The average Bonchev–Trinajstić information content (AvgIpc) is 3.11. The fourth-order valence-electron chi connectivity index (χ4n) is 8.07. The van der Waals surface area contributed by atoms with Gasteiger partial charge < -0.3 is 10.2 Å². The van der Waals surface area contributed by atoms with E-state index in [0.717, 1.165) is 38.5 Å². The molecule has 4 aliphatic rings. The second kappa shape index (κ2) is 7.79. The first-order chi connectivity index (χ1) is 15.6. The van der Waals surface area contributed by atoms with E-state index < -0.39 is 17.6 Å². The number of carbonyl (C=O) groups is 2. The van der Waals surface area contributed by atoms with Gasteiger partial charge in [0.2, 0.25) is 5.91 Å². The Bertz CT molecular complexity index is 1050. The molecule has 33 heavy (non-hydrogen) atoms. The first-order valence-electron chi connectivity index (χ1n) is 12.0. The highest BCUT2D eigenvalue weighted by atomic mass is 35.5. The zero-order valence-corrected chi connectivity index (χ0v) is 20.1. The fourth-order valence-corrected chi connectivity index (χ4v) is 8.23. The van der Waals surface area contributed by atoms with Gasteiger partial charge in [0.1, 0.15) is 5.82 Å². The standard InChI is InChI=1S/C26H31ClF2N2O2/c1-25-11-10-17-15(5-9-22-26(17,2)13-20(29)24(33)31(22)3)16(25)6-7-18(25)23(32)30-21-8-4-14(27)12-19(21)28/h4,8,12-13,15-18,22H,5-7,9-11H2,1-3H3,(H,30,32)/t15-,16-,17-,18+,22+,25-,26+/m0/s1. The van der Waals surface area contributed by atoms with Gasteiger partial charge in [0.15, 0.2) is 5.83 Å². The van der Waals surface area contributed by atoms with Crippen molar-refractivity contribution in [2.45, 2.75) is 58.4 Å². The van der Waals surface area contributed by atoms with E-state index in [2.05, 4.69) is 19.2 Å². The van der Waals surface area contributed by atoms with Gasteiger partial charge in [-0.25, -0.2) is 8.78 Å². The molecule has 1 aromatic carbocycles. The van der Waals surface area contributed by atoms with Gasteiger partial charge in [-0.1, -0.05) is 25.4 Å². The summed E-state index contributed by atoms with van der Waals surface area (Å²) < 4.78 is 28.8. The molecular formula is C26H31ClF2N2O2. The third-order valence-corrected chi connectivity index (χ3v) is 9.90. The van der Waals surface area contributed by atoms with Gasteiger partial charge in [-0.05, 0) is 86.0 Å². The van der Waals surface area contributed by atoms with Crippen LogP contribution in [0.1, 0.15) is 52.4 Å². The molecule has 3 aliphatic carbocycles. The maximum absolute atomic E-state index is 14.6. The predicted octanol–water partition coefficient (Wildman–Crippen LogP) is 5.97. The molecular weight excluding hydrogens is 446 g/mol. The summed E-state index contributed by atoms with van der Waals surface area (Å²) in [6.07, 6.45) is 6.92. The lowest BCUT2D eigenvalue weighted by Crippen LogP contribution is -2.60. The zero-order valence-electron chi connectivity index (χ0n) is 19.3. The van der Waals surface area contributed by atoms with E-state index >= 15 is 0 Å². The lowest BCUT2D eigenvalue weighted by molar-refractivity contribution is -0.144. The average molecular weight is 477 g/mol. The maximum atomic E-state index is 14.6. The van der Waals surface area contributed by atoms with Gasteiger partial charge in [-0.15, -0.1) is 0 Å². The Balaban J connectivity index is 1.39. The van der Waals surface area contributed by atoms with Gasteiger partial charge in [0, 0.05) is 29.4 Å². The Kier molecular flexibility index (Phi) is 5.39. The smallest absolute Gasteiger partial charge is 0.282 e. The second-order valence-corrected chi connectivity index (χ2v) is 11.5. The van der Waals surface area contributed by atoms with Crippen LogP contribution in [0.5, 0.6) is 0 Å². The van der Waals surface area contributed by atoms with Gasteiger partial charge in [-0.3, -0.25) is 9.59 Å². The molecule has 5 rings (SSSR count). The SMILES string of the molecule is CN1C(=O)C(F)=C[C@]2(C)[C@H]3CC[C@]4(C)[C@@H](C(=O)Nc5ccc(Cl)cc5F)CC[C@H]4[C@@H]3CC[C@@H]12. The largest absolute Gasteiger partial charge is 0.336 e. The molecule has 1 aromatic rings. The summed E-state index contributed by atoms with van der Waals surface area (Å²) in [5, 5.41) is 3.10. The lowest BCUT2D eigenvalue weighted by Gasteiger charge is -2.60.